The molecule has 0 amide bonds. The molecule has 0 saturated heterocycles. The number of Topliss-reactive ketones (excluding diaryl/α,β-unsaturated/α-hetero) is 1. The van der Waals surface area contributed by atoms with E-state index >= 15 is 0 Å². The minimum Gasteiger partial charge on any atom is -0.482 e. The number of hydrogen-bond donors (Lipinski definition) is 0. The molecule has 17 heavy (non-hydrogen) atoms. The second-order valence-electron chi connectivity index (χ2n) is 3.87. The maximum absolute atomic E-state index is 12.1. The SMILES string of the molecule is O=C(c1cnccn1)C1Cc2ccccc2O1. The molecule has 1 aliphatic heterocycles. The molecule has 1 aromatic carbocycles. The second-order valence-corrected chi connectivity index (χ2v) is 3.87. The third kappa shape index (κ3) is 1.78. The van der Waals surface area contributed by atoms with E-state index < -0.39 is 6.10 Å². The van der Waals surface area contributed by atoms with Gasteiger partial charge in [0.05, 0.1) is 6.20 Å². The molecule has 0 saturated carbocycles. The van der Waals surface area contributed by atoms with Crippen LogP contribution in [0.15, 0.2) is 42.9 Å². The Labute approximate surface area is 98.3 Å². The Morgan fingerprint density at radius 3 is 2.94 bits per heavy atom. The van der Waals surface area contributed by atoms with Gasteiger partial charge in [-0.1, -0.05) is 18.2 Å². The van der Waals surface area contributed by atoms with Gasteiger partial charge in [0.25, 0.3) is 0 Å². The van der Waals surface area contributed by atoms with Gasteiger partial charge in [0.2, 0.25) is 5.78 Å². The van der Waals surface area contributed by atoms with E-state index in [1.807, 2.05) is 24.3 Å². The molecule has 0 aliphatic carbocycles. The molecule has 0 N–H and O–H groups in total. The minimum absolute atomic E-state index is 0.116. The van der Waals surface area contributed by atoms with Crippen LogP contribution in [0.25, 0.3) is 0 Å². The summed E-state index contributed by atoms with van der Waals surface area (Å²) in [5.41, 5.74) is 1.42. The largest absolute Gasteiger partial charge is 0.482 e. The lowest BCUT2D eigenvalue weighted by atomic mass is 10.1. The molecule has 1 atom stereocenters. The summed E-state index contributed by atoms with van der Waals surface area (Å²) in [7, 11) is 0. The zero-order valence-electron chi connectivity index (χ0n) is 9.04. The third-order valence-electron chi connectivity index (χ3n) is 2.76. The van der Waals surface area contributed by atoms with Crippen molar-refractivity contribution in [2.45, 2.75) is 12.5 Å². The maximum Gasteiger partial charge on any atom is 0.223 e. The summed E-state index contributed by atoms with van der Waals surface area (Å²) in [5.74, 6) is 0.670. The third-order valence-corrected chi connectivity index (χ3v) is 2.76. The average Bonchev–Trinajstić information content (AvgIpc) is 2.82. The lowest BCUT2D eigenvalue weighted by Crippen LogP contribution is -2.26. The van der Waals surface area contributed by atoms with E-state index in [1.54, 1.807) is 6.20 Å². The van der Waals surface area contributed by atoms with Crippen molar-refractivity contribution in [2.24, 2.45) is 0 Å². The van der Waals surface area contributed by atoms with E-state index in [1.165, 1.54) is 12.4 Å². The van der Waals surface area contributed by atoms with E-state index in [9.17, 15) is 4.79 Å². The van der Waals surface area contributed by atoms with Gasteiger partial charge < -0.3 is 4.74 Å². The van der Waals surface area contributed by atoms with Gasteiger partial charge in [-0.3, -0.25) is 9.78 Å². The fourth-order valence-corrected chi connectivity index (χ4v) is 1.92. The van der Waals surface area contributed by atoms with Crippen LogP contribution in [-0.2, 0) is 6.42 Å². The number of carbonyl (C=O) groups is 1. The number of carbonyl (C=O) groups excluding carboxylic acids is 1. The molecular weight excluding hydrogens is 216 g/mol. The highest BCUT2D eigenvalue weighted by Crippen LogP contribution is 2.29. The smallest absolute Gasteiger partial charge is 0.223 e. The Kier molecular flexibility index (Phi) is 2.33. The lowest BCUT2D eigenvalue weighted by Gasteiger charge is -2.07. The van der Waals surface area contributed by atoms with Gasteiger partial charge in [-0.05, 0) is 11.6 Å². The first-order valence-corrected chi connectivity index (χ1v) is 5.39. The summed E-state index contributed by atoms with van der Waals surface area (Å²) < 4.78 is 5.61. The van der Waals surface area contributed by atoms with Crippen molar-refractivity contribution in [1.29, 1.82) is 0 Å². The monoisotopic (exact) mass is 226 g/mol. The Balaban J connectivity index is 1.84. The predicted molar refractivity (Wildman–Crippen MR) is 60.9 cm³/mol. The maximum atomic E-state index is 12.1. The van der Waals surface area contributed by atoms with Crippen LogP contribution in [0.2, 0.25) is 0 Å². The fourth-order valence-electron chi connectivity index (χ4n) is 1.92. The standard InChI is InChI=1S/C13H10N2O2/c16-13(10-8-14-5-6-15-10)12-7-9-3-1-2-4-11(9)17-12/h1-6,8,12H,7H2. The van der Waals surface area contributed by atoms with Gasteiger partial charge >= 0.3 is 0 Å². The van der Waals surface area contributed by atoms with Crippen LogP contribution in [0.3, 0.4) is 0 Å². The number of aromatic nitrogens is 2. The first kappa shape index (κ1) is 9.96. The number of nitrogens with zero attached hydrogens (tertiary/aromatic N) is 2. The van der Waals surface area contributed by atoms with E-state index in [4.69, 9.17) is 4.74 Å². The fraction of sp³-hybridized carbons (Fsp3) is 0.154. The highest BCUT2D eigenvalue weighted by Gasteiger charge is 2.30. The summed E-state index contributed by atoms with van der Waals surface area (Å²) in [4.78, 5) is 20.0. The molecule has 0 spiro atoms. The number of benzene rings is 1. The molecule has 4 nitrogen and oxygen atoms in total. The van der Waals surface area contributed by atoms with Gasteiger partial charge in [-0.25, -0.2) is 4.98 Å². The lowest BCUT2D eigenvalue weighted by molar-refractivity contribution is 0.0819. The van der Waals surface area contributed by atoms with Crippen molar-refractivity contribution >= 4 is 5.78 Å². The van der Waals surface area contributed by atoms with Crippen molar-refractivity contribution in [2.75, 3.05) is 0 Å². The first-order chi connectivity index (χ1) is 8.34. The van der Waals surface area contributed by atoms with Crippen LogP contribution in [0, 0.1) is 0 Å². The summed E-state index contributed by atoms with van der Waals surface area (Å²) in [6.45, 7) is 0. The number of rotatable bonds is 2. The highest BCUT2D eigenvalue weighted by molar-refractivity contribution is 5.98. The van der Waals surface area contributed by atoms with Crippen molar-refractivity contribution in [3.05, 3.63) is 54.1 Å². The van der Waals surface area contributed by atoms with Crippen LogP contribution in [0.1, 0.15) is 16.1 Å². The molecule has 3 rings (SSSR count). The Morgan fingerprint density at radius 2 is 2.18 bits per heavy atom. The van der Waals surface area contributed by atoms with Crippen molar-refractivity contribution in [3.8, 4) is 5.75 Å². The number of ether oxygens (including phenoxy) is 1. The van der Waals surface area contributed by atoms with E-state index in [-0.39, 0.29) is 5.78 Å². The van der Waals surface area contributed by atoms with Gasteiger partial charge in [-0.15, -0.1) is 0 Å². The Hall–Kier alpha value is -2.23. The number of ketones is 1. The molecule has 0 radical (unpaired) electrons. The number of hydrogen-bond acceptors (Lipinski definition) is 4. The van der Waals surface area contributed by atoms with Crippen LogP contribution in [0.5, 0.6) is 5.75 Å². The summed E-state index contributed by atoms with van der Waals surface area (Å²) in [6, 6.07) is 7.68. The molecule has 0 fully saturated rings. The molecule has 2 heterocycles. The second kappa shape index (κ2) is 3.97. The topological polar surface area (TPSA) is 52.1 Å². The van der Waals surface area contributed by atoms with Crippen LogP contribution >= 0.6 is 0 Å². The van der Waals surface area contributed by atoms with Crippen molar-refractivity contribution in [1.82, 2.24) is 9.97 Å². The van der Waals surface area contributed by atoms with E-state index in [2.05, 4.69) is 9.97 Å². The Morgan fingerprint density at radius 1 is 1.29 bits per heavy atom. The van der Waals surface area contributed by atoms with Crippen molar-refractivity contribution in [3.63, 3.8) is 0 Å². The molecule has 2 aromatic rings. The normalized spacial score (nSPS) is 17.3. The summed E-state index contributed by atoms with van der Waals surface area (Å²) in [5, 5.41) is 0. The minimum atomic E-state index is -0.468. The van der Waals surface area contributed by atoms with Gasteiger partial charge in [0, 0.05) is 18.8 Å². The van der Waals surface area contributed by atoms with Crippen LogP contribution in [0.4, 0.5) is 0 Å². The Bertz CT molecular complexity index is 529. The average molecular weight is 226 g/mol. The molecule has 1 aliphatic rings. The molecule has 1 aromatic heterocycles. The van der Waals surface area contributed by atoms with Crippen molar-refractivity contribution < 1.29 is 9.53 Å². The zero-order chi connectivity index (χ0) is 11.7. The highest BCUT2D eigenvalue weighted by atomic mass is 16.5. The van der Waals surface area contributed by atoms with Gasteiger partial charge in [0.1, 0.15) is 11.4 Å². The molecular formula is C13H10N2O2. The molecule has 0 bridgehead atoms. The first-order valence-electron chi connectivity index (χ1n) is 5.39. The molecule has 4 heteroatoms. The number of fused-ring (bicyclic) bond motifs is 1. The van der Waals surface area contributed by atoms with E-state index in [0.717, 1.165) is 11.3 Å². The number of para-hydroxylation sites is 1. The van der Waals surface area contributed by atoms with Crippen LogP contribution in [-0.4, -0.2) is 21.9 Å². The predicted octanol–water partition coefficient (Wildman–Crippen LogP) is 1.66. The van der Waals surface area contributed by atoms with Gasteiger partial charge in [-0.2, -0.15) is 0 Å². The summed E-state index contributed by atoms with van der Waals surface area (Å²) >= 11 is 0. The van der Waals surface area contributed by atoms with Crippen LogP contribution < -0.4 is 4.74 Å². The molecule has 84 valence electrons. The van der Waals surface area contributed by atoms with E-state index in [0.29, 0.717) is 12.1 Å². The zero-order valence-corrected chi connectivity index (χ0v) is 9.04. The summed E-state index contributed by atoms with van der Waals surface area (Å²) in [6.07, 6.45) is 4.65. The molecule has 1 unspecified atom stereocenters. The quantitative estimate of drug-likeness (QED) is 0.731. The van der Waals surface area contributed by atoms with Gasteiger partial charge in [0.15, 0.2) is 6.10 Å².